The number of benzene rings is 7. The Balaban J connectivity index is 1.16. The fourth-order valence-corrected chi connectivity index (χ4v) is 6.15. The van der Waals surface area contributed by atoms with Crippen LogP contribution in [0.5, 0.6) is 0 Å². The molecule has 0 saturated heterocycles. The molecule has 0 N–H and O–H groups in total. The van der Waals surface area contributed by atoms with Crippen LogP contribution >= 0.6 is 0 Å². The third-order valence-corrected chi connectivity index (χ3v) is 8.40. The van der Waals surface area contributed by atoms with Gasteiger partial charge in [-0.15, -0.1) is 0 Å². The van der Waals surface area contributed by atoms with Crippen molar-refractivity contribution in [2.45, 2.75) is 0 Å². The van der Waals surface area contributed by atoms with Crippen molar-refractivity contribution in [2.24, 2.45) is 0 Å². The van der Waals surface area contributed by atoms with E-state index in [1.54, 1.807) is 0 Å². The van der Waals surface area contributed by atoms with Crippen LogP contribution in [-0.4, -0.2) is 9.55 Å². The van der Waals surface area contributed by atoms with Crippen LogP contribution in [-0.2, 0) is 0 Å². The summed E-state index contributed by atoms with van der Waals surface area (Å²) in [5.74, 6) is 0.923. The number of hydrogen-bond donors (Lipinski definition) is 0. The average Bonchev–Trinajstić information content (AvgIpc) is 3.53. The Kier molecular flexibility index (Phi) is 7.18. The van der Waals surface area contributed by atoms with Gasteiger partial charge in [0, 0.05) is 28.3 Å². The second-order valence-corrected chi connectivity index (χ2v) is 11.3. The molecule has 0 aliphatic rings. The van der Waals surface area contributed by atoms with Crippen molar-refractivity contribution in [1.82, 2.24) is 9.55 Å². The Morgan fingerprint density at radius 3 is 1.50 bits per heavy atom. The lowest BCUT2D eigenvalue weighted by Gasteiger charge is -2.26. The molecule has 0 radical (unpaired) electrons. The van der Waals surface area contributed by atoms with Crippen LogP contribution in [0.4, 0.5) is 17.1 Å². The predicted octanol–water partition coefficient (Wildman–Crippen LogP) is 11.5. The lowest BCUT2D eigenvalue weighted by atomic mass is 9.99. The lowest BCUT2D eigenvalue weighted by Crippen LogP contribution is -2.09. The van der Waals surface area contributed by atoms with Crippen LogP contribution in [0.3, 0.4) is 0 Å². The molecule has 0 unspecified atom stereocenters. The molecule has 0 bridgehead atoms. The van der Waals surface area contributed by atoms with Gasteiger partial charge in [-0.05, 0) is 101 Å². The summed E-state index contributed by atoms with van der Waals surface area (Å²) in [5.41, 5.74) is 12.3. The minimum Gasteiger partial charge on any atom is -0.311 e. The first-order valence-corrected chi connectivity index (χ1v) is 15.6. The van der Waals surface area contributed by atoms with Gasteiger partial charge in [0.25, 0.3) is 0 Å². The van der Waals surface area contributed by atoms with E-state index in [0.717, 1.165) is 45.2 Å². The second-order valence-electron chi connectivity index (χ2n) is 11.3. The zero-order valence-corrected chi connectivity index (χ0v) is 25.2. The SMILES string of the molecule is c1ccc(-c2cccc(-c3ccc(N(c4ccccc4)c4ccc(-c5nc6ccccc6n5-c5ccccc5)cc4)cc3)c2)cc1. The van der Waals surface area contributed by atoms with Gasteiger partial charge in [0.2, 0.25) is 0 Å². The Labute approximate surface area is 269 Å². The van der Waals surface area contributed by atoms with Gasteiger partial charge in [0.1, 0.15) is 5.82 Å². The van der Waals surface area contributed by atoms with Crippen molar-refractivity contribution in [3.8, 4) is 39.3 Å². The van der Waals surface area contributed by atoms with Crippen LogP contribution in [0.2, 0.25) is 0 Å². The Bertz CT molecular complexity index is 2220. The van der Waals surface area contributed by atoms with Crippen molar-refractivity contribution in [3.63, 3.8) is 0 Å². The Morgan fingerprint density at radius 1 is 0.370 bits per heavy atom. The lowest BCUT2D eigenvalue weighted by molar-refractivity contribution is 1.10. The quantitative estimate of drug-likeness (QED) is 0.184. The van der Waals surface area contributed by atoms with Crippen molar-refractivity contribution >= 4 is 28.1 Å². The zero-order chi connectivity index (χ0) is 30.7. The molecule has 0 aliphatic carbocycles. The summed E-state index contributed by atoms with van der Waals surface area (Å²) >= 11 is 0. The van der Waals surface area contributed by atoms with E-state index in [0.29, 0.717) is 0 Å². The summed E-state index contributed by atoms with van der Waals surface area (Å²) in [6.07, 6.45) is 0. The molecule has 0 spiro atoms. The maximum atomic E-state index is 5.06. The first kappa shape index (κ1) is 27.4. The fraction of sp³-hybridized carbons (Fsp3) is 0. The molecule has 1 aromatic heterocycles. The first-order valence-electron chi connectivity index (χ1n) is 15.6. The average molecular weight is 590 g/mol. The molecule has 0 atom stereocenters. The van der Waals surface area contributed by atoms with Gasteiger partial charge in [0.05, 0.1) is 11.0 Å². The van der Waals surface area contributed by atoms with Crippen LogP contribution in [0.1, 0.15) is 0 Å². The molecule has 218 valence electrons. The van der Waals surface area contributed by atoms with Crippen LogP contribution in [0.15, 0.2) is 188 Å². The number of aromatic nitrogens is 2. The predicted molar refractivity (Wildman–Crippen MR) is 192 cm³/mol. The highest BCUT2D eigenvalue weighted by atomic mass is 15.1. The summed E-state index contributed by atoms with van der Waals surface area (Å²) in [4.78, 5) is 7.36. The van der Waals surface area contributed by atoms with Crippen LogP contribution in [0.25, 0.3) is 50.4 Å². The second kappa shape index (κ2) is 12.1. The van der Waals surface area contributed by atoms with Gasteiger partial charge in [-0.25, -0.2) is 4.98 Å². The number of imidazole rings is 1. The molecule has 46 heavy (non-hydrogen) atoms. The van der Waals surface area contributed by atoms with Crippen molar-refractivity contribution < 1.29 is 0 Å². The Hall–Kier alpha value is -6.19. The molecule has 3 nitrogen and oxygen atoms in total. The zero-order valence-electron chi connectivity index (χ0n) is 25.2. The van der Waals surface area contributed by atoms with E-state index >= 15 is 0 Å². The maximum Gasteiger partial charge on any atom is 0.145 e. The van der Waals surface area contributed by atoms with Gasteiger partial charge in [-0.3, -0.25) is 4.57 Å². The molecule has 0 fully saturated rings. The van der Waals surface area contributed by atoms with E-state index in [2.05, 4.69) is 185 Å². The first-order chi connectivity index (χ1) is 22.8. The highest BCUT2D eigenvalue weighted by molar-refractivity contribution is 5.85. The molecule has 3 heteroatoms. The highest BCUT2D eigenvalue weighted by Gasteiger charge is 2.16. The molecule has 8 rings (SSSR count). The minimum absolute atomic E-state index is 0.923. The number of hydrogen-bond acceptors (Lipinski definition) is 2. The van der Waals surface area contributed by atoms with Crippen LogP contribution in [0, 0.1) is 0 Å². The smallest absolute Gasteiger partial charge is 0.145 e. The number of para-hydroxylation sites is 4. The summed E-state index contributed by atoms with van der Waals surface area (Å²) in [7, 11) is 0. The fourth-order valence-electron chi connectivity index (χ4n) is 6.15. The normalized spacial score (nSPS) is 11.0. The van der Waals surface area contributed by atoms with Crippen molar-refractivity contribution in [1.29, 1.82) is 0 Å². The number of nitrogens with zero attached hydrogens (tertiary/aromatic N) is 3. The molecule has 1 heterocycles. The summed E-state index contributed by atoms with van der Waals surface area (Å²) in [5, 5.41) is 0. The van der Waals surface area contributed by atoms with Gasteiger partial charge in [-0.1, -0.05) is 109 Å². The standard InChI is InChI=1S/C43H31N3/c1-4-13-32(14-5-1)35-15-12-16-36(31-35)33-23-27-39(28-24-33)45(37-17-6-2-7-18-37)40-29-25-34(26-30-40)43-44-41-21-10-11-22-42(41)46(43)38-19-8-3-9-20-38/h1-31H. The van der Waals surface area contributed by atoms with Crippen molar-refractivity contribution in [2.75, 3.05) is 4.90 Å². The van der Waals surface area contributed by atoms with Gasteiger partial charge in [-0.2, -0.15) is 0 Å². The third kappa shape index (κ3) is 5.25. The topological polar surface area (TPSA) is 21.1 Å². The van der Waals surface area contributed by atoms with E-state index in [9.17, 15) is 0 Å². The molecule has 0 saturated carbocycles. The van der Waals surface area contributed by atoms with Gasteiger partial charge >= 0.3 is 0 Å². The number of rotatable bonds is 7. The number of fused-ring (bicyclic) bond motifs is 1. The summed E-state index contributed by atoms with van der Waals surface area (Å²) in [6, 6.07) is 66.2. The van der Waals surface area contributed by atoms with Gasteiger partial charge in [0.15, 0.2) is 0 Å². The molecular weight excluding hydrogens is 558 g/mol. The number of anilines is 3. The van der Waals surface area contributed by atoms with E-state index in [1.165, 1.54) is 22.3 Å². The monoisotopic (exact) mass is 589 g/mol. The maximum absolute atomic E-state index is 5.06. The van der Waals surface area contributed by atoms with E-state index in [4.69, 9.17) is 4.98 Å². The van der Waals surface area contributed by atoms with E-state index < -0.39 is 0 Å². The van der Waals surface area contributed by atoms with E-state index in [1.807, 2.05) is 12.1 Å². The summed E-state index contributed by atoms with van der Waals surface area (Å²) < 4.78 is 2.24. The Morgan fingerprint density at radius 2 is 0.848 bits per heavy atom. The largest absolute Gasteiger partial charge is 0.311 e. The molecule has 7 aromatic carbocycles. The molecule has 0 aliphatic heterocycles. The van der Waals surface area contributed by atoms with E-state index in [-0.39, 0.29) is 0 Å². The third-order valence-electron chi connectivity index (χ3n) is 8.40. The van der Waals surface area contributed by atoms with Crippen LogP contribution < -0.4 is 4.90 Å². The molecule has 0 amide bonds. The minimum atomic E-state index is 0.923. The summed E-state index contributed by atoms with van der Waals surface area (Å²) in [6.45, 7) is 0. The molecule has 8 aromatic rings. The molecular formula is C43H31N3. The van der Waals surface area contributed by atoms with Gasteiger partial charge < -0.3 is 4.90 Å². The highest BCUT2D eigenvalue weighted by Crippen LogP contribution is 2.37. The van der Waals surface area contributed by atoms with Crippen molar-refractivity contribution in [3.05, 3.63) is 188 Å².